The SMILES string of the molecule is CC(C)c1ncc(N2CCCN(C)CC2C)c(CN)n1. The maximum absolute atomic E-state index is 5.91. The Morgan fingerprint density at radius 3 is 2.80 bits per heavy atom. The van der Waals surface area contributed by atoms with Gasteiger partial charge in [0.2, 0.25) is 0 Å². The van der Waals surface area contributed by atoms with Crippen molar-refractivity contribution in [2.45, 2.75) is 45.7 Å². The monoisotopic (exact) mass is 277 g/mol. The first-order valence-corrected chi connectivity index (χ1v) is 7.54. The van der Waals surface area contributed by atoms with Crippen molar-refractivity contribution in [2.75, 3.05) is 31.6 Å². The smallest absolute Gasteiger partial charge is 0.131 e. The highest BCUT2D eigenvalue weighted by molar-refractivity contribution is 5.50. The lowest BCUT2D eigenvalue weighted by atomic mass is 10.1. The van der Waals surface area contributed by atoms with E-state index in [-0.39, 0.29) is 0 Å². The fourth-order valence-electron chi connectivity index (χ4n) is 2.82. The second kappa shape index (κ2) is 6.50. The zero-order valence-corrected chi connectivity index (χ0v) is 13.1. The van der Waals surface area contributed by atoms with Crippen molar-refractivity contribution in [3.8, 4) is 0 Å². The summed E-state index contributed by atoms with van der Waals surface area (Å²) in [6, 6.07) is 0.460. The Balaban J connectivity index is 2.30. The van der Waals surface area contributed by atoms with Crippen molar-refractivity contribution in [1.82, 2.24) is 14.9 Å². The molecule has 1 aromatic heterocycles. The summed E-state index contributed by atoms with van der Waals surface area (Å²) in [7, 11) is 2.18. The number of likely N-dealkylation sites (N-methyl/N-ethyl adjacent to an activating group) is 1. The fraction of sp³-hybridized carbons (Fsp3) is 0.733. The lowest BCUT2D eigenvalue weighted by molar-refractivity contribution is 0.337. The van der Waals surface area contributed by atoms with E-state index in [4.69, 9.17) is 5.73 Å². The number of rotatable bonds is 3. The first-order valence-electron chi connectivity index (χ1n) is 7.54. The molecule has 5 nitrogen and oxygen atoms in total. The largest absolute Gasteiger partial charge is 0.365 e. The van der Waals surface area contributed by atoms with Gasteiger partial charge in [0.1, 0.15) is 5.82 Å². The summed E-state index contributed by atoms with van der Waals surface area (Å²) in [4.78, 5) is 14.0. The van der Waals surface area contributed by atoms with Gasteiger partial charge in [-0.15, -0.1) is 0 Å². The van der Waals surface area contributed by atoms with E-state index < -0.39 is 0 Å². The molecule has 0 saturated carbocycles. The molecule has 20 heavy (non-hydrogen) atoms. The average Bonchev–Trinajstić information content (AvgIpc) is 2.58. The van der Waals surface area contributed by atoms with Crippen LogP contribution in [-0.4, -0.2) is 47.6 Å². The summed E-state index contributed by atoms with van der Waals surface area (Å²) >= 11 is 0. The van der Waals surface area contributed by atoms with E-state index in [2.05, 4.69) is 47.6 Å². The van der Waals surface area contributed by atoms with Crippen molar-refractivity contribution < 1.29 is 0 Å². The molecule has 1 saturated heterocycles. The van der Waals surface area contributed by atoms with Gasteiger partial charge in [-0.2, -0.15) is 0 Å². The number of hydrogen-bond acceptors (Lipinski definition) is 5. The van der Waals surface area contributed by atoms with Gasteiger partial charge in [-0.05, 0) is 26.9 Å². The molecule has 112 valence electrons. The van der Waals surface area contributed by atoms with Crippen molar-refractivity contribution in [3.63, 3.8) is 0 Å². The molecule has 5 heteroatoms. The van der Waals surface area contributed by atoms with E-state index in [0.29, 0.717) is 18.5 Å². The minimum absolute atomic E-state index is 0.335. The number of anilines is 1. The Morgan fingerprint density at radius 2 is 2.15 bits per heavy atom. The van der Waals surface area contributed by atoms with Crippen LogP contribution in [0.1, 0.15) is 44.6 Å². The Hall–Kier alpha value is -1.20. The van der Waals surface area contributed by atoms with Crippen LogP contribution in [-0.2, 0) is 6.54 Å². The highest BCUT2D eigenvalue weighted by Gasteiger charge is 2.23. The molecule has 0 aromatic carbocycles. The van der Waals surface area contributed by atoms with E-state index in [1.54, 1.807) is 0 Å². The molecule has 1 fully saturated rings. The predicted molar refractivity (Wildman–Crippen MR) is 82.9 cm³/mol. The molecule has 0 amide bonds. The molecule has 0 bridgehead atoms. The van der Waals surface area contributed by atoms with Gasteiger partial charge in [0.05, 0.1) is 17.6 Å². The molecule has 0 radical (unpaired) electrons. The molecule has 0 spiro atoms. The van der Waals surface area contributed by atoms with Gasteiger partial charge in [0, 0.05) is 31.6 Å². The third-order valence-electron chi connectivity index (χ3n) is 3.93. The average molecular weight is 277 g/mol. The summed E-state index contributed by atoms with van der Waals surface area (Å²) in [5.41, 5.74) is 7.99. The third kappa shape index (κ3) is 3.27. The quantitative estimate of drug-likeness (QED) is 0.909. The van der Waals surface area contributed by atoms with E-state index in [1.165, 1.54) is 0 Å². The van der Waals surface area contributed by atoms with Crippen LogP contribution in [0.4, 0.5) is 5.69 Å². The van der Waals surface area contributed by atoms with E-state index in [1.807, 2.05) is 6.20 Å². The van der Waals surface area contributed by atoms with Gasteiger partial charge < -0.3 is 15.5 Å². The van der Waals surface area contributed by atoms with Crippen LogP contribution in [0.25, 0.3) is 0 Å². The molecular formula is C15H27N5. The zero-order chi connectivity index (χ0) is 14.7. The highest BCUT2D eigenvalue weighted by atomic mass is 15.2. The number of hydrogen-bond donors (Lipinski definition) is 1. The van der Waals surface area contributed by atoms with Crippen molar-refractivity contribution >= 4 is 5.69 Å². The Labute approximate surface area is 122 Å². The molecule has 1 unspecified atom stereocenters. The normalized spacial score (nSPS) is 21.3. The summed E-state index contributed by atoms with van der Waals surface area (Å²) in [6.07, 6.45) is 3.13. The number of nitrogens with zero attached hydrogens (tertiary/aromatic N) is 4. The van der Waals surface area contributed by atoms with Gasteiger partial charge in [-0.25, -0.2) is 9.97 Å². The number of nitrogens with two attached hydrogens (primary N) is 1. The molecule has 1 aliphatic heterocycles. The molecular weight excluding hydrogens is 250 g/mol. The fourth-order valence-corrected chi connectivity index (χ4v) is 2.82. The minimum atomic E-state index is 0.335. The molecule has 2 rings (SSSR count). The lowest BCUT2D eigenvalue weighted by Crippen LogP contribution is -2.39. The van der Waals surface area contributed by atoms with E-state index >= 15 is 0 Å². The van der Waals surface area contributed by atoms with E-state index in [0.717, 1.165) is 43.3 Å². The van der Waals surface area contributed by atoms with Gasteiger partial charge in [-0.1, -0.05) is 13.8 Å². The van der Waals surface area contributed by atoms with Crippen LogP contribution in [0.5, 0.6) is 0 Å². The zero-order valence-electron chi connectivity index (χ0n) is 13.1. The Kier molecular flexibility index (Phi) is 4.94. The first-order chi connectivity index (χ1) is 9.52. The standard InChI is InChI=1S/C15H27N5/c1-11(2)15-17-9-14(13(8-16)18-15)20-7-5-6-19(4)10-12(20)3/h9,11-12H,5-8,10,16H2,1-4H3. The summed E-state index contributed by atoms with van der Waals surface area (Å²) in [5.74, 6) is 1.22. The van der Waals surface area contributed by atoms with Gasteiger partial charge in [0.25, 0.3) is 0 Å². The Morgan fingerprint density at radius 1 is 1.40 bits per heavy atom. The van der Waals surface area contributed by atoms with E-state index in [9.17, 15) is 0 Å². The van der Waals surface area contributed by atoms with Gasteiger partial charge in [-0.3, -0.25) is 0 Å². The lowest BCUT2D eigenvalue weighted by Gasteiger charge is -2.31. The van der Waals surface area contributed by atoms with Gasteiger partial charge in [0.15, 0.2) is 0 Å². The molecule has 1 aliphatic rings. The number of aromatic nitrogens is 2. The van der Waals surface area contributed by atoms with Crippen molar-refractivity contribution in [3.05, 3.63) is 17.7 Å². The maximum atomic E-state index is 5.91. The van der Waals surface area contributed by atoms with Crippen LogP contribution in [0.3, 0.4) is 0 Å². The molecule has 2 N–H and O–H groups in total. The molecule has 1 atom stereocenters. The predicted octanol–water partition coefficient (Wildman–Crippen LogP) is 1.59. The minimum Gasteiger partial charge on any atom is -0.365 e. The van der Waals surface area contributed by atoms with Crippen LogP contribution < -0.4 is 10.6 Å². The second-order valence-electron chi connectivity index (χ2n) is 6.08. The van der Waals surface area contributed by atoms with Crippen LogP contribution in [0, 0.1) is 0 Å². The molecule has 1 aromatic rings. The van der Waals surface area contributed by atoms with Crippen molar-refractivity contribution in [1.29, 1.82) is 0 Å². The molecule has 0 aliphatic carbocycles. The topological polar surface area (TPSA) is 58.3 Å². The highest BCUT2D eigenvalue weighted by Crippen LogP contribution is 2.24. The third-order valence-corrected chi connectivity index (χ3v) is 3.93. The van der Waals surface area contributed by atoms with Crippen LogP contribution >= 0.6 is 0 Å². The second-order valence-corrected chi connectivity index (χ2v) is 6.08. The van der Waals surface area contributed by atoms with Crippen molar-refractivity contribution in [2.24, 2.45) is 5.73 Å². The van der Waals surface area contributed by atoms with Crippen LogP contribution in [0.15, 0.2) is 6.20 Å². The summed E-state index contributed by atoms with van der Waals surface area (Å²) in [6.45, 7) is 10.2. The summed E-state index contributed by atoms with van der Waals surface area (Å²) in [5, 5.41) is 0. The maximum Gasteiger partial charge on any atom is 0.131 e. The Bertz CT molecular complexity index is 446. The summed E-state index contributed by atoms with van der Waals surface area (Å²) < 4.78 is 0. The van der Waals surface area contributed by atoms with Gasteiger partial charge >= 0.3 is 0 Å². The first kappa shape index (κ1) is 15.2. The van der Waals surface area contributed by atoms with Crippen LogP contribution in [0.2, 0.25) is 0 Å². The molecule has 2 heterocycles.